The molecule has 1 saturated carbocycles. The van der Waals surface area contributed by atoms with Gasteiger partial charge in [0.25, 0.3) is 0 Å². The molecule has 0 aliphatic heterocycles. The van der Waals surface area contributed by atoms with E-state index in [2.05, 4.69) is 31.3 Å². The molecule has 0 spiro atoms. The van der Waals surface area contributed by atoms with Gasteiger partial charge in [0.15, 0.2) is 0 Å². The number of hydrogen-bond acceptors (Lipinski definition) is 2. The molecule has 3 N–H and O–H groups in total. The molecule has 3 nitrogen and oxygen atoms in total. The Balaban J connectivity index is 1.72. The number of aryl methyl sites for hydroxylation is 1. The summed E-state index contributed by atoms with van der Waals surface area (Å²) in [6.07, 6.45) is 4.00. The maximum absolute atomic E-state index is 12.0. The van der Waals surface area contributed by atoms with E-state index in [0.717, 1.165) is 13.0 Å². The normalized spacial score (nSPS) is 17.8. The molecule has 1 aromatic rings. The van der Waals surface area contributed by atoms with E-state index in [1.165, 1.54) is 18.4 Å². The van der Waals surface area contributed by atoms with Gasteiger partial charge in [0, 0.05) is 6.54 Å². The average Bonchev–Trinajstić information content (AvgIpc) is 3.24. The van der Waals surface area contributed by atoms with Crippen LogP contribution in [-0.4, -0.2) is 18.5 Å². The van der Waals surface area contributed by atoms with Gasteiger partial charge in [0.05, 0.1) is 6.04 Å². The third kappa shape index (κ3) is 3.83. The standard InChI is InChI=1S/C17H26N2O/c1-13(2)17(10-11-17)12-19-16(20)15(18)9-8-14-6-4-3-5-7-14/h3-7,13,15H,8-12,18H2,1-2H3,(H,19,20). The molecule has 1 fully saturated rings. The van der Waals surface area contributed by atoms with Crippen LogP contribution in [-0.2, 0) is 11.2 Å². The molecular weight excluding hydrogens is 248 g/mol. The van der Waals surface area contributed by atoms with Gasteiger partial charge in [-0.15, -0.1) is 0 Å². The number of nitrogens with one attached hydrogen (secondary N) is 1. The molecule has 2 rings (SSSR count). The topological polar surface area (TPSA) is 55.1 Å². The van der Waals surface area contributed by atoms with Crippen LogP contribution in [0, 0.1) is 11.3 Å². The summed E-state index contributed by atoms with van der Waals surface area (Å²) in [6.45, 7) is 5.24. The quantitative estimate of drug-likeness (QED) is 0.802. The number of hydrogen-bond donors (Lipinski definition) is 2. The molecule has 1 aliphatic rings. The van der Waals surface area contributed by atoms with Crippen LogP contribution in [0.25, 0.3) is 0 Å². The fourth-order valence-corrected chi connectivity index (χ4v) is 2.61. The first-order valence-electron chi connectivity index (χ1n) is 7.61. The fourth-order valence-electron chi connectivity index (χ4n) is 2.61. The van der Waals surface area contributed by atoms with Crippen LogP contribution in [0.5, 0.6) is 0 Å². The highest BCUT2D eigenvalue weighted by molar-refractivity contribution is 5.81. The molecule has 1 amide bonds. The molecular formula is C17H26N2O. The summed E-state index contributed by atoms with van der Waals surface area (Å²) >= 11 is 0. The summed E-state index contributed by atoms with van der Waals surface area (Å²) in [5.41, 5.74) is 7.55. The van der Waals surface area contributed by atoms with E-state index in [-0.39, 0.29) is 5.91 Å². The molecule has 0 radical (unpaired) electrons. The first-order valence-corrected chi connectivity index (χ1v) is 7.61. The summed E-state index contributed by atoms with van der Waals surface area (Å²) in [5, 5.41) is 3.04. The highest BCUT2D eigenvalue weighted by Gasteiger charge is 2.45. The van der Waals surface area contributed by atoms with Crippen molar-refractivity contribution in [1.82, 2.24) is 5.32 Å². The van der Waals surface area contributed by atoms with Gasteiger partial charge in [-0.25, -0.2) is 0 Å². The van der Waals surface area contributed by atoms with Crippen LogP contribution in [0.15, 0.2) is 30.3 Å². The number of carbonyl (C=O) groups is 1. The predicted octanol–water partition coefficient (Wildman–Crippen LogP) is 2.50. The zero-order valence-electron chi connectivity index (χ0n) is 12.6. The summed E-state index contributed by atoms with van der Waals surface area (Å²) in [6, 6.07) is 9.77. The Morgan fingerprint density at radius 3 is 2.50 bits per heavy atom. The minimum atomic E-state index is -0.404. The first-order chi connectivity index (χ1) is 9.53. The highest BCUT2D eigenvalue weighted by atomic mass is 16.2. The van der Waals surface area contributed by atoms with Crippen LogP contribution in [0.3, 0.4) is 0 Å². The van der Waals surface area contributed by atoms with Crippen LogP contribution in [0.4, 0.5) is 0 Å². The molecule has 0 saturated heterocycles. The first kappa shape index (κ1) is 15.0. The lowest BCUT2D eigenvalue weighted by Gasteiger charge is -2.21. The van der Waals surface area contributed by atoms with E-state index >= 15 is 0 Å². The van der Waals surface area contributed by atoms with Crippen molar-refractivity contribution in [3.63, 3.8) is 0 Å². The summed E-state index contributed by atoms with van der Waals surface area (Å²) < 4.78 is 0. The monoisotopic (exact) mass is 274 g/mol. The van der Waals surface area contributed by atoms with Gasteiger partial charge < -0.3 is 11.1 Å². The van der Waals surface area contributed by atoms with Crippen molar-refractivity contribution in [3.05, 3.63) is 35.9 Å². The van der Waals surface area contributed by atoms with Gasteiger partial charge in [-0.3, -0.25) is 4.79 Å². The van der Waals surface area contributed by atoms with E-state index in [1.54, 1.807) is 0 Å². The number of carbonyl (C=O) groups excluding carboxylic acids is 1. The lowest BCUT2D eigenvalue weighted by molar-refractivity contribution is -0.122. The Morgan fingerprint density at radius 1 is 1.30 bits per heavy atom. The van der Waals surface area contributed by atoms with E-state index in [0.29, 0.717) is 17.8 Å². The van der Waals surface area contributed by atoms with Crippen LogP contribution < -0.4 is 11.1 Å². The lowest BCUT2D eigenvalue weighted by atomic mass is 9.92. The van der Waals surface area contributed by atoms with Crippen molar-refractivity contribution < 1.29 is 4.79 Å². The summed E-state index contributed by atoms with van der Waals surface area (Å²) in [7, 11) is 0. The van der Waals surface area contributed by atoms with Gasteiger partial charge in [0.1, 0.15) is 0 Å². The lowest BCUT2D eigenvalue weighted by Crippen LogP contribution is -2.43. The molecule has 1 aliphatic carbocycles. The largest absolute Gasteiger partial charge is 0.354 e. The predicted molar refractivity (Wildman–Crippen MR) is 82.3 cm³/mol. The van der Waals surface area contributed by atoms with Gasteiger partial charge in [-0.1, -0.05) is 44.2 Å². The number of benzene rings is 1. The average molecular weight is 274 g/mol. The number of amides is 1. The van der Waals surface area contributed by atoms with Crippen LogP contribution in [0.1, 0.15) is 38.7 Å². The maximum Gasteiger partial charge on any atom is 0.236 e. The van der Waals surface area contributed by atoms with Crippen molar-refractivity contribution in [2.75, 3.05) is 6.54 Å². The minimum Gasteiger partial charge on any atom is -0.354 e. The van der Waals surface area contributed by atoms with E-state index in [9.17, 15) is 4.79 Å². The number of nitrogens with two attached hydrogens (primary N) is 1. The Kier molecular flexibility index (Phi) is 4.81. The summed E-state index contributed by atoms with van der Waals surface area (Å²) in [4.78, 5) is 12.0. The molecule has 0 heterocycles. The summed E-state index contributed by atoms with van der Waals surface area (Å²) in [5.74, 6) is 0.621. The second-order valence-electron chi connectivity index (χ2n) is 6.37. The van der Waals surface area contributed by atoms with Crippen molar-refractivity contribution in [3.8, 4) is 0 Å². The highest BCUT2D eigenvalue weighted by Crippen LogP contribution is 2.51. The molecule has 1 aromatic carbocycles. The Labute approximate surface area is 121 Å². The third-order valence-corrected chi connectivity index (χ3v) is 4.66. The van der Waals surface area contributed by atoms with Crippen molar-refractivity contribution in [2.45, 2.75) is 45.6 Å². The van der Waals surface area contributed by atoms with Gasteiger partial charge >= 0.3 is 0 Å². The SMILES string of the molecule is CC(C)C1(CNC(=O)C(N)CCc2ccccc2)CC1. The van der Waals surface area contributed by atoms with Crippen LogP contribution >= 0.6 is 0 Å². The van der Waals surface area contributed by atoms with Gasteiger partial charge in [0.2, 0.25) is 5.91 Å². The van der Waals surface area contributed by atoms with Crippen LogP contribution in [0.2, 0.25) is 0 Å². The zero-order chi connectivity index (χ0) is 14.6. The molecule has 0 bridgehead atoms. The third-order valence-electron chi connectivity index (χ3n) is 4.66. The molecule has 1 atom stereocenters. The second kappa shape index (κ2) is 6.40. The van der Waals surface area contributed by atoms with E-state index in [4.69, 9.17) is 5.73 Å². The van der Waals surface area contributed by atoms with Gasteiger partial charge in [-0.05, 0) is 42.6 Å². The van der Waals surface area contributed by atoms with Crippen molar-refractivity contribution in [1.29, 1.82) is 0 Å². The zero-order valence-corrected chi connectivity index (χ0v) is 12.6. The van der Waals surface area contributed by atoms with E-state index < -0.39 is 6.04 Å². The van der Waals surface area contributed by atoms with E-state index in [1.807, 2.05) is 18.2 Å². The molecule has 0 aromatic heterocycles. The smallest absolute Gasteiger partial charge is 0.236 e. The minimum absolute atomic E-state index is 0.00661. The van der Waals surface area contributed by atoms with Crippen molar-refractivity contribution in [2.24, 2.45) is 17.1 Å². The molecule has 3 heteroatoms. The Hall–Kier alpha value is -1.35. The molecule has 1 unspecified atom stereocenters. The molecule has 110 valence electrons. The number of rotatable bonds is 7. The van der Waals surface area contributed by atoms with Gasteiger partial charge in [-0.2, -0.15) is 0 Å². The Bertz CT molecular complexity index is 438. The Morgan fingerprint density at radius 2 is 1.95 bits per heavy atom. The second-order valence-corrected chi connectivity index (χ2v) is 6.37. The fraction of sp³-hybridized carbons (Fsp3) is 0.588. The molecule has 20 heavy (non-hydrogen) atoms. The maximum atomic E-state index is 12.0. The van der Waals surface area contributed by atoms with Crippen molar-refractivity contribution >= 4 is 5.91 Å².